The molecule has 1 amide bonds. The van der Waals surface area contributed by atoms with Gasteiger partial charge in [-0.25, -0.2) is 0 Å². The van der Waals surface area contributed by atoms with Crippen LogP contribution in [-0.4, -0.2) is 28.5 Å². The molecular formula is C11H24N2OS. The van der Waals surface area contributed by atoms with Crippen LogP contribution in [0.2, 0.25) is 0 Å². The van der Waals surface area contributed by atoms with Gasteiger partial charge in [0.15, 0.2) is 0 Å². The zero-order chi connectivity index (χ0) is 12.1. The molecule has 0 rings (SSSR count). The number of hydrogen-bond acceptors (Lipinski definition) is 3. The van der Waals surface area contributed by atoms with Gasteiger partial charge < -0.3 is 11.1 Å². The van der Waals surface area contributed by atoms with Gasteiger partial charge in [0, 0.05) is 5.25 Å². The summed E-state index contributed by atoms with van der Waals surface area (Å²) in [7, 11) is 0. The van der Waals surface area contributed by atoms with Gasteiger partial charge in [-0.3, -0.25) is 4.79 Å². The average molecular weight is 232 g/mol. The van der Waals surface area contributed by atoms with Crippen LogP contribution in [0.4, 0.5) is 0 Å². The maximum absolute atomic E-state index is 11.4. The molecule has 0 aliphatic heterocycles. The quantitative estimate of drug-likeness (QED) is 0.703. The zero-order valence-electron chi connectivity index (χ0n) is 10.5. The van der Waals surface area contributed by atoms with E-state index in [4.69, 9.17) is 5.73 Å². The maximum atomic E-state index is 11.4. The highest BCUT2D eigenvalue weighted by atomic mass is 32.2. The molecule has 0 aliphatic rings. The molecule has 0 heterocycles. The fourth-order valence-electron chi connectivity index (χ4n) is 1.74. The Labute approximate surface area is 97.6 Å². The smallest absolute Gasteiger partial charge is 0.237 e. The monoisotopic (exact) mass is 232 g/mol. The second-order valence-electron chi connectivity index (χ2n) is 4.43. The number of hydrogen-bond donors (Lipinski definition) is 2. The van der Waals surface area contributed by atoms with Gasteiger partial charge in [-0.05, 0) is 25.1 Å². The van der Waals surface area contributed by atoms with Gasteiger partial charge in [-0.1, -0.05) is 27.7 Å². The highest BCUT2D eigenvalue weighted by molar-refractivity contribution is 8.00. The van der Waals surface area contributed by atoms with Gasteiger partial charge in [0.05, 0.1) is 5.54 Å². The first kappa shape index (κ1) is 14.8. The summed E-state index contributed by atoms with van der Waals surface area (Å²) in [6, 6.07) is 0. The van der Waals surface area contributed by atoms with Gasteiger partial charge in [0.25, 0.3) is 0 Å². The van der Waals surface area contributed by atoms with E-state index in [0.717, 1.165) is 13.0 Å². The summed E-state index contributed by atoms with van der Waals surface area (Å²) in [6.07, 6.45) is 0.777. The molecule has 4 heteroatoms. The van der Waals surface area contributed by atoms with Crippen molar-refractivity contribution in [3.8, 4) is 0 Å². The summed E-state index contributed by atoms with van der Waals surface area (Å²) in [5.74, 6) is -0.263. The summed E-state index contributed by atoms with van der Waals surface area (Å²) < 4.78 is 0. The lowest BCUT2D eigenvalue weighted by Crippen LogP contribution is -2.54. The molecule has 0 aromatic heterocycles. The maximum Gasteiger partial charge on any atom is 0.237 e. The molecule has 0 saturated heterocycles. The molecule has 0 radical (unpaired) electrons. The molecular weight excluding hydrogens is 208 g/mol. The predicted molar refractivity (Wildman–Crippen MR) is 68.1 cm³/mol. The van der Waals surface area contributed by atoms with Crippen molar-refractivity contribution in [2.45, 2.75) is 57.1 Å². The summed E-state index contributed by atoms with van der Waals surface area (Å²) in [4.78, 5) is 11.4. The number of nitrogens with two attached hydrogens (primary N) is 1. The summed E-state index contributed by atoms with van der Waals surface area (Å²) in [5, 5.41) is 4.19. The fourth-order valence-corrected chi connectivity index (χ4v) is 3.10. The number of thioether (sulfide) groups is 1. The van der Waals surface area contributed by atoms with Crippen LogP contribution in [0, 0.1) is 0 Å². The second kappa shape index (κ2) is 6.38. The van der Waals surface area contributed by atoms with Crippen LogP contribution in [0.3, 0.4) is 0 Å². The van der Waals surface area contributed by atoms with Crippen LogP contribution < -0.4 is 11.1 Å². The lowest BCUT2D eigenvalue weighted by molar-refractivity contribution is -0.124. The standard InChI is InChI=1S/C11H24N2OS/c1-6-13-11(5,10(12)14)7-9(4)15-8(2)3/h8-9,13H,6-7H2,1-5H3,(H2,12,14). The van der Waals surface area contributed by atoms with Crippen LogP contribution in [0.1, 0.15) is 41.0 Å². The highest BCUT2D eigenvalue weighted by Gasteiger charge is 2.31. The molecule has 2 atom stereocenters. The highest BCUT2D eigenvalue weighted by Crippen LogP contribution is 2.24. The van der Waals surface area contributed by atoms with Gasteiger partial charge >= 0.3 is 0 Å². The Bertz CT molecular complexity index is 209. The molecule has 3 nitrogen and oxygen atoms in total. The van der Waals surface area contributed by atoms with Crippen molar-refractivity contribution in [3.05, 3.63) is 0 Å². The van der Waals surface area contributed by atoms with Crippen molar-refractivity contribution in [1.29, 1.82) is 0 Å². The van der Waals surface area contributed by atoms with E-state index < -0.39 is 5.54 Å². The number of primary amides is 1. The lowest BCUT2D eigenvalue weighted by atomic mass is 9.95. The SMILES string of the molecule is CCNC(C)(CC(C)SC(C)C)C(N)=O. The molecule has 0 aromatic rings. The minimum absolute atomic E-state index is 0.263. The number of likely N-dealkylation sites (N-methyl/N-ethyl adjacent to an activating group) is 1. The van der Waals surface area contributed by atoms with Crippen molar-refractivity contribution in [2.75, 3.05) is 6.54 Å². The van der Waals surface area contributed by atoms with E-state index >= 15 is 0 Å². The minimum atomic E-state index is -0.573. The van der Waals surface area contributed by atoms with Crippen LogP contribution in [0.5, 0.6) is 0 Å². The molecule has 0 saturated carbocycles. The van der Waals surface area contributed by atoms with Gasteiger partial charge in [0.2, 0.25) is 5.91 Å². The van der Waals surface area contributed by atoms with Crippen molar-refractivity contribution in [1.82, 2.24) is 5.32 Å². The third-order valence-electron chi connectivity index (χ3n) is 2.31. The first-order valence-electron chi connectivity index (χ1n) is 5.52. The second-order valence-corrected chi connectivity index (χ2v) is 6.45. The Morgan fingerprint density at radius 1 is 1.47 bits per heavy atom. The third-order valence-corrected chi connectivity index (χ3v) is 3.49. The number of carbonyl (C=O) groups is 1. The Kier molecular flexibility index (Phi) is 6.29. The topological polar surface area (TPSA) is 55.1 Å². The number of rotatable bonds is 7. The lowest BCUT2D eigenvalue weighted by Gasteiger charge is -2.30. The van der Waals surface area contributed by atoms with E-state index in [9.17, 15) is 4.79 Å². The Morgan fingerprint density at radius 3 is 2.33 bits per heavy atom. The van der Waals surface area contributed by atoms with Crippen LogP contribution in [-0.2, 0) is 4.79 Å². The minimum Gasteiger partial charge on any atom is -0.368 e. The molecule has 0 spiro atoms. The van der Waals surface area contributed by atoms with E-state index in [0.29, 0.717) is 10.5 Å². The van der Waals surface area contributed by atoms with E-state index in [-0.39, 0.29) is 5.91 Å². The molecule has 0 fully saturated rings. The van der Waals surface area contributed by atoms with Crippen molar-refractivity contribution < 1.29 is 4.79 Å². The molecule has 15 heavy (non-hydrogen) atoms. The normalized spacial score (nSPS) is 17.5. The first-order valence-corrected chi connectivity index (χ1v) is 6.46. The number of nitrogens with one attached hydrogen (secondary N) is 1. The molecule has 0 bridgehead atoms. The Balaban J connectivity index is 4.34. The molecule has 2 unspecified atom stereocenters. The summed E-state index contributed by atoms with van der Waals surface area (Å²) in [6.45, 7) is 11.1. The van der Waals surface area contributed by atoms with Crippen LogP contribution in [0.15, 0.2) is 0 Å². The summed E-state index contributed by atoms with van der Waals surface area (Å²) >= 11 is 1.88. The van der Waals surface area contributed by atoms with E-state index in [1.54, 1.807) is 0 Å². The van der Waals surface area contributed by atoms with Crippen LogP contribution in [0.25, 0.3) is 0 Å². The third kappa shape index (κ3) is 5.42. The fraction of sp³-hybridized carbons (Fsp3) is 0.909. The van der Waals surface area contributed by atoms with E-state index in [1.165, 1.54) is 0 Å². The number of amides is 1. The molecule has 3 N–H and O–H groups in total. The van der Waals surface area contributed by atoms with Crippen LogP contribution >= 0.6 is 11.8 Å². The van der Waals surface area contributed by atoms with E-state index in [1.807, 2.05) is 25.6 Å². The Morgan fingerprint density at radius 2 is 2.00 bits per heavy atom. The average Bonchev–Trinajstić information content (AvgIpc) is 2.01. The molecule has 0 aliphatic carbocycles. The number of carbonyl (C=O) groups excluding carboxylic acids is 1. The molecule has 0 aromatic carbocycles. The van der Waals surface area contributed by atoms with Gasteiger partial charge in [0.1, 0.15) is 0 Å². The van der Waals surface area contributed by atoms with Crippen molar-refractivity contribution >= 4 is 17.7 Å². The van der Waals surface area contributed by atoms with Gasteiger partial charge in [-0.2, -0.15) is 11.8 Å². The molecule has 90 valence electrons. The van der Waals surface area contributed by atoms with Gasteiger partial charge in [-0.15, -0.1) is 0 Å². The van der Waals surface area contributed by atoms with Crippen molar-refractivity contribution in [2.24, 2.45) is 5.73 Å². The Hall–Kier alpha value is -0.220. The van der Waals surface area contributed by atoms with E-state index in [2.05, 4.69) is 26.1 Å². The van der Waals surface area contributed by atoms with Crippen molar-refractivity contribution in [3.63, 3.8) is 0 Å². The largest absolute Gasteiger partial charge is 0.368 e. The zero-order valence-corrected chi connectivity index (χ0v) is 11.3. The predicted octanol–water partition coefficient (Wildman–Crippen LogP) is 1.76. The summed E-state index contributed by atoms with van der Waals surface area (Å²) in [5.41, 5.74) is 4.85. The first-order chi connectivity index (χ1) is 6.81.